The van der Waals surface area contributed by atoms with Gasteiger partial charge in [0.1, 0.15) is 0 Å². The van der Waals surface area contributed by atoms with E-state index in [9.17, 15) is 0 Å². The summed E-state index contributed by atoms with van der Waals surface area (Å²) in [6.45, 7) is 3.82. The van der Waals surface area contributed by atoms with E-state index < -0.39 is 0 Å². The summed E-state index contributed by atoms with van der Waals surface area (Å²) in [7, 11) is 0. The van der Waals surface area contributed by atoms with Gasteiger partial charge in [0.05, 0.1) is 6.10 Å². The average Bonchev–Trinajstić information content (AvgIpc) is 2.53. The van der Waals surface area contributed by atoms with Gasteiger partial charge in [-0.1, -0.05) is 19.1 Å². The van der Waals surface area contributed by atoms with Crippen molar-refractivity contribution in [3.8, 4) is 0 Å². The summed E-state index contributed by atoms with van der Waals surface area (Å²) in [6.07, 6.45) is 7.27. The van der Waals surface area contributed by atoms with Gasteiger partial charge in [-0.3, -0.25) is 4.99 Å². The maximum atomic E-state index is 5.92. The second kappa shape index (κ2) is 8.67. The molecule has 1 aromatic carbocycles. The second-order valence-electron chi connectivity index (χ2n) is 5.58. The Bertz CT molecular complexity index is 453. The van der Waals surface area contributed by atoms with Gasteiger partial charge in [-0.15, -0.1) is 0 Å². The number of nitrogens with two attached hydrogens (primary N) is 1. The van der Waals surface area contributed by atoms with Gasteiger partial charge >= 0.3 is 0 Å². The van der Waals surface area contributed by atoms with Crippen LogP contribution in [-0.2, 0) is 11.2 Å². The summed E-state index contributed by atoms with van der Waals surface area (Å²) in [4.78, 5) is 4.39. The molecule has 0 radical (unpaired) electrons. The van der Waals surface area contributed by atoms with Crippen molar-refractivity contribution >= 4 is 11.6 Å². The molecule has 1 aromatic rings. The molecule has 1 fully saturated rings. The van der Waals surface area contributed by atoms with Crippen molar-refractivity contribution in [3.05, 3.63) is 29.8 Å². The standard InChI is InChI=1S/C17H27N3O/c1-2-14-7-5-8-15(13-14)20-17(18)19-11-6-10-16-9-3-4-12-21-16/h5,7-8,13,16H,2-4,6,9-12H2,1H3,(H3,18,19,20). The molecule has 21 heavy (non-hydrogen) atoms. The molecule has 1 aliphatic heterocycles. The summed E-state index contributed by atoms with van der Waals surface area (Å²) < 4.78 is 5.71. The topological polar surface area (TPSA) is 59.6 Å². The molecule has 3 N–H and O–H groups in total. The maximum Gasteiger partial charge on any atom is 0.193 e. The van der Waals surface area contributed by atoms with E-state index in [1.165, 1.54) is 24.8 Å². The largest absolute Gasteiger partial charge is 0.378 e. The van der Waals surface area contributed by atoms with Crippen LogP contribution in [0.15, 0.2) is 29.3 Å². The predicted octanol–water partition coefficient (Wildman–Crippen LogP) is 3.32. The highest BCUT2D eigenvalue weighted by Crippen LogP contribution is 2.16. The van der Waals surface area contributed by atoms with Gasteiger partial charge in [-0.05, 0) is 56.2 Å². The fourth-order valence-electron chi connectivity index (χ4n) is 2.61. The summed E-state index contributed by atoms with van der Waals surface area (Å²) >= 11 is 0. The van der Waals surface area contributed by atoms with E-state index in [0.29, 0.717) is 12.1 Å². The van der Waals surface area contributed by atoms with Crippen molar-refractivity contribution in [1.29, 1.82) is 0 Å². The van der Waals surface area contributed by atoms with Gasteiger partial charge in [0.25, 0.3) is 0 Å². The number of benzene rings is 1. The molecule has 0 aliphatic carbocycles. The first-order chi connectivity index (χ1) is 10.3. The Morgan fingerprint density at radius 2 is 2.33 bits per heavy atom. The first kappa shape index (κ1) is 15.8. The molecule has 1 saturated heterocycles. The van der Waals surface area contributed by atoms with Crippen LogP contribution in [0.3, 0.4) is 0 Å². The molecule has 0 amide bonds. The lowest BCUT2D eigenvalue weighted by atomic mass is 10.1. The van der Waals surface area contributed by atoms with Crippen molar-refractivity contribution in [2.45, 2.75) is 51.6 Å². The Kier molecular flexibility index (Phi) is 6.54. The molecular formula is C17H27N3O. The van der Waals surface area contributed by atoms with Crippen LogP contribution in [0.25, 0.3) is 0 Å². The number of hydrogen-bond acceptors (Lipinski definition) is 2. The zero-order valence-electron chi connectivity index (χ0n) is 13.0. The number of nitrogens with zero attached hydrogens (tertiary/aromatic N) is 1. The summed E-state index contributed by atoms with van der Waals surface area (Å²) in [5.74, 6) is 0.493. The van der Waals surface area contributed by atoms with E-state index in [4.69, 9.17) is 10.5 Å². The van der Waals surface area contributed by atoms with Gasteiger partial charge in [0.15, 0.2) is 5.96 Å². The predicted molar refractivity (Wildman–Crippen MR) is 88.8 cm³/mol. The molecule has 4 heteroatoms. The average molecular weight is 289 g/mol. The first-order valence-electron chi connectivity index (χ1n) is 8.05. The van der Waals surface area contributed by atoms with Crippen molar-refractivity contribution in [1.82, 2.24) is 0 Å². The fraction of sp³-hybridized carbons (Fsp3) is 0.588. The van der Waals surface area contributed by atoms with E-state index >= 15 is 0 Å². The number of aliphatic imine (C=N–C) groups is 1. The fourth-order valence-corrected chi connectivity index (χ4v) is 2.61. The molecule has 2 rings (SSSR count). The minimum Gasteiger partial charge on any atom is -0.378 e. The number of rotatable bonds is 6. The lowest BCUT2D eigenvalue weighted by molar-refractivity contribution is 0.0105. The third-order valence-electron chi connectivity index (χ3n) is 3.85. The first-order valence-corrected chi connectivity index (χ1v) is 8.05. The number of aryl methyl sites for hydroxylation is 1. The van der Waals surface area contributed by atoms with Gasteiger partial charge in [-0.25, -0.2) is 0 Å². The van der Waals surface area contributed by atoms with E-state index in [0.717, 1.165) is 38.1 Å². The van der Waals surface area contributed by atoms with Crippen LogP contribution in [-0.4, -0.2) is 25.2 Å². The smallest absolute Gasteiger partial charge is 0.193 e. The number of hydrogen-bond donors (Lipinski definition) is 2. The third kappa shape index (κ3) is 5.76. The van der Waals surface area contributed by atoms with Crippen LogP contribution in [0.4, 0.5) is 5.69 Å². The van der Waals surface area contributed by atoms with Crippen LogP contribution in [0.2, 0.25) is 0 Å². The minimum atomic E-state index is 0.435. The van der Waals surface area contributed by atoms with Crippen molar-refractivity contribution in [2.75, 3.05) is 18.5 Å². The van der Waals surface area contributed by atoms with Gasteiger partial charge in [-0.2, -0.15) is 0 Å². The number of guanidine groups is 1. The summed E-state index contributed by atoms with van der Waals surface area (Å²) in [5, 5.41) is 3.15. The SMILES string of the molecule is CCc1cccc(NC(N)=NCCCC2CCCCO2)c1. The highest BCUT2D eigenvalue weighted by molar-refractivity contribution is 5.92. The van der Waals surface area contributed by atoms with E-state index in [2.05, 4.69) is 29.4 Å². The zero-order valence-corrected chi connectivity index (χ0v) is 13.0. The number of ether oxygens (including phenoxy) is 1. The molecule has 0 saturated carbocycles. The molecule has 0 aromatic heterocycles. The summed E-state index contributed by atoms with van der Waals surface area (Å²) in [6, 6.07) is 8.27. The van der Waals surface area contributed by atoms with Crippen LogP contribution < -0.4 is 11.1 Å². The molecule has 4 nitrogen and oxygen atoms in total. The van der Waals surface area contributed by atoms with Gasteiger partial charge in [0, 0.05) is 18.8 Å². The van der Waals surface area contributed by atoms with Gasteiger partial charge in [0.2, 0.25) is 0 Å². The Morgan fingerprint density at radius 1 is 1.43 bits per heavy atom. The van der Waals surface area contributed by atoms with Gasteiger partial charge < -0.3 is 15.8 Å². The Hall–Kier alpha value is -1.55. The molecular weight excluding hydrogens is 262 g/mol. The highest BCUT2D eigenvalue weighted by Gasteiger charge is 2.12. The van der Waals surface area contributed by atoms with Crippen LogP contribution in [0, 0.1) is 0 Å². The van der Waals surface area contributed by atoms with Crippen molar-refractivity contribution in [3.63, 3.8) is 0 Å². The molecule has 1 aliphatic rings. The van der Waals surface area contributed by atoms with E-state index in [1.54, 1.807) is 0 Å². The summed E-state index contributed by atoms with van der Waals surface area (Å²) in [5.41, 5.74) is 8.22. The Morgan fingerprint density at radius 3 is 3.10 bits per heavy atom. The number of nitrogens with one attached hydrogen (secondary N) is 1. The lowest BCUT2D eigenvalue weighted by Gasteiger charge is -2.22. The molecule has 116 valence electrons. The normalized spacial score (nSPS) is 19.5. The molecule has 1 unspecified atom stereocenters. The molecule has 1 heterocycles. The highest BCUT2D eigenvalue weighted by atomic mass is 16.5. The van der Waals surface area contributed by atoms with Crippen molar-refractivity contribution < 1.29 is 4.74 Å². The Balaban J connectivity index is 1.70. The molecule has 1 atom stereocenters. The Labute approximate surface area is 127 Å². The lowest BCUT2D eigenvalue weighted by Crippen LogP contribution is -2.23. The third-order valence-corrected chi connectivity index (χ3v) is 3.85. The van der Waals surface area contributed by atoms with Crippen molar-refractivity contribution in [2.24, 2.45) is 10.7 Å². The molecule has 0 bridgehead atoms. The van der Waals surface area contributed by atoms with Crippen LogP contribution in [0.5, 0.6) is 0 Å². The quantitative estimate of drug-likeness (QED) is 0.480. The molecule has 0 spiro atoms. The van der Waals surface area contributed by atoms with Crippen LogP contribution in [0.1, 0.15) is 44.6 Å². The number of anilines is 1. The minimum absolute atomic E-state index is 0.435. The van der Waals surface area contributed by atoms with Crippen LogP contribution >= 0.6 is 0 Å². The van der Waals surface area contributed by atoms with E-state index in [1.807, 2.05) is 12.1 Å². The monoisotopic (exact) mass is 289 g/mol. The van der Waals surface area contributed by atoms with E-state index in [-0.39, 0.29) is 0 Å². The maximum absolute atomic E-state index is 5.92. The zero-order chi connectivity index (χ0) is 14.9. The second-order valence-corrected chi connectivity index (χ2v) is 5.58.